The molecule has 0 unspecified atom stereocenters. The van der Waals surface area contributed by atoms with Crippen molar-refractivity contribution in [3.63, 3.8) is 0 Å². The van der Waals surface area contributed by atoms with Crippen LogP contribution < -0.4 is 10.3 Å². The van der Waals surface area contributed by atoms with Crippen molar-refractivity contribution in [2.24, 2.45) is 5.10 Å². The van der Waals surface area contributed by atoms with Crippen LogP contribution in [0.1, 0.15) is 12.8 Å². The Balaban J connectivity index is 1.87. The number of anilines is 2. The molecule has 1 heterocycles. The first kappa shape index (κ1) is 19.1. The van der Waals surface area contributed by atoms with Gasteiger partial charge in [0.2, 0.25) is 5.91 Å². The zero-order valence-electron chi connectivity index (χ0n) is 14.3. The van der Waals surface area contributed by atoms with E-state index in [2.05, 4.69) is 10.4 Å². The predicted octanol–water partition coefficient (Wildman–Crippen LogP) is 2.87. The third-order valence-corrected chi connectivity index (χ3v) is 5.35. The maximum absolute atomic E-state index is 12.6. The van der Waals surface area contributed by atoms with Gasteiger partial charge in [-0.2, -0.15) is 5.10 Å². The van der Waals surface area contributed by atoms with Gasteiger partial charge in [-0.15, -0.1) is 0 Å². The number of hydrogen-bond donors (Lipinski definition) is 1. The summed E-state index contributed by atoms with van der Waals surface area (Å²) in [5.41, 5.74) is 0.874. The minimum absolute atomic E-state index is 0.0360. The number of halogens is 1. The number of sulfone groups is 1. The molecule has 1 aliphatic rings. The molecule has 2 aromatic carbocycles. The van der Waals surface area contributed by atoms with E-state index in [-0.39, 0.29) is 40.1 Å². The first-order valence-electron chi connectivity index (χ1n) is 8.02. The van der Waals surface area contributed by atoms with E-state index in [1.54, 1.807) is 24.3 Å². The van der Waals surface area contributed by atoms with Gasteiger partial charge in [0.15, 0.2) is 9.84 Å². The van der Waals surface area contributed by atoms with Gasteiger partial charge in [-0.25, -0.2) is 13.4 Å². The van der Waals surface area contributed by atoms with Gasteiger partial charge in [-0.05, 0) is 30.3 Å². The molecule has 0 aromatic heterocycles. The van der Waals surface area contributed by atoms with Gasteiger partial charge in [0.1, 0.15) is 5.71 Å². The summed E-state index contributed by atoms with van der Waals surface area (Å²) >= 11 is 6.06. The highest BCUT2D eigenvalue weighted by Gasteiger charge is 2.26. The van der Waals surface area contributed by atoms with Gasteiger partial charge in [-0.3, -0.25) is 9.59 Å². The molecule has 140 valence electrons. The molecule has 0 saturated heterocycles. The highest BCUT2D eigenvalue weighted by Crippen LogP contribution is 2.26. The Labute approximate surface area is 161 Å². The Hall–Kier alpha value is -2.71. The van der Waals surface area contributed by atoms with Crippen molar-refractivity contribution in [2.45, 2.75) is 17.7 Å². The number of hydrazone groups is 1. The standard InChI is InChI=1S/C18H16ClN3O4S/c1-27(25,26)13-7-8-14(19)16(11-13)20-18(24)15-9-10-17(23)22(21-15)12-5-3-2-4-6-12/h2-8,11H,9-10H2,1H3,(H,20,24). The predicted molar refractivity (Wildman–Crippen MR) is 104 cm³/mol. The van der Waals surface area contributed by atoms with Crippen LogP contribution in [0.15, 0.2) is 58.5 Å². The van der Waals surface area contributed by atoms with Gasteiger partial charge < -0.3 is 5.32 Å². The number of carbonyl (C=O) groups is 2. The van der Waals surface area contributed by atoms with Crippen molar-refractivity contribution in [3.8, 4) is 0 Å². The van der Waals surface area contributed by atoms with Crippen molar-refractivity contribution >= 4 is 50.3 Å². The summed E-state index contributed by atoms with van der Waals surface area (Å²) < 4.78 is 23.4. The van der Waals surface area contributed by atoms with Gasteiger partial charge in [0, 0.05) is 19.1 Å². The molecule has 1 N–H and O–H groups in total. The largest absolute Gasteiger partial charge is 0.319 e. The third-order valence-electron chi connectivity index (χ3n) is 3.91. The minimum atomic E-state index is -3.45. The number of nitrogens with zero attached hydrogens (tertiary/aromatic N) is 2. The average Bonchev–Trinajstić information content (AvgIpc) is 2.63. The molecule has 0 saturated carbocycles. The molecule has 9 heteroatoms. The van der Waals surface area contributed by atoms with Crippen molar-refractivity contribution in [3.05, 3.63) is 53.6 Å². The highest BCUT2D eigenvalue weighted by atomic mass is 35.5. The fraction of sp³-hybridized carbons (Fsp3) is 0.167. The molecule has 7 nitrogen and oxygen atoms in total. The molecule has 0 bridgehead atoms. The van der Waals surface area contributed by atoms with Crippen molar-refractivity contribution in [1.29, 1.82) is 0 Å². The SMILES string of the molecule is CS(=O)(=O)c1ccc(Cl)c(NC(=O)C2=NN(c3ccccc3)C(=O)CC2)c1. The molecule has 0 spiro atoms. The number of rotatable bonds is 4. The summed E-state index contributed by atoms with van der Waals surface area (Å²) in [7, 11) is -3.45. The van der Waals surface area contributed by atoms with Crippen LogP contribution in [0.25, 0.3) is 0 Å². The molecule has 3 rings (SSSR count). The second-order valence-electron chi connectivity index (χ2n) is 5.96. The first-order valence-corrected chi connectivity index (χ1v) is 10.3. The smallest absolute Gasteiger partial charge is 0.271 e. The zero-order valence-corrected chi connectivity index (χ0v) is 15.9. The molecule has 0 aliphatic carbocycles. The highest BCUT2D eigenvalue weighted by molar-refractivity contribution is 7.90. The van der Waals surface area contributed by atoms with Crippen LogP contribution in [0.3, 0.4) is 0 Å². The summed E-state index contributed by atoms with van der Waals surface area (Å²) in [6.45, 7) is 0. The quantitative estimate of drug-likeness (QED) is 0.845. The molecule has 27 heavy (non-hydrogen) atoms. The molecule has 0 atom stereocenters. The average molecular weight is 406 g/mol. The number of nitrogens with one attached hydrogen (secondary N) is 1. The molecule has 0 fully saturated rings. The maximum atomic E-state index is 12.6. The van der Waals surface area contributed by atoms with E-state index >= 15 is 0 Å². The summed E-state index contributed by atoms with van der Waals surface area (Å²) in [5.74, 6) is -0.758. The molecule has 2 amide bonds. The molecule has 2 aromatic rings. The Morgan fingerprint density at radius 3 is 2.52 bits per heavy atom. The van der Waals surface area contributed by atoms with Crippen molar-refractivity contribution in [2.75, 3.05) is 16.6 Å². The summed E-state index contributed by atoms with van der Waals surface area (Å²) in [6.07, 6.45) is 1.38. The van der Waals surface area contributed by atoms with Crippen molar-refractivity contribution < 1.29 is 18.0 Å². The Kier molecular flexibility index (Phi) is 5.29. The van der Waals surface area contributed by atoms with Crippen LogP contribution in [-0.2, 0) is 19.4 Å². The van der Waals surface area contributed by atoms with Crippen LogP contribution in [0, 0.1) is 0 Å². The summed E-state index contributed by atoms with van der Waals surface area (Å²) in [4.78, 5) is 24.7. The van der Waals surface area contributed by atoms with Crippen LogP contribution >= 0.6 is 11.6 Å². The summed E-state index contributed by atoms with van der Waals surface area (Å²) in [6, 6.07) is 12.8. The molecular formula is C18H16ClN3O4S. The second kappa shape index (κ2) is 7.50. The Morgan fingerprint density at radius 1 is 1.15 bits per heavy atom. The van der Waals surface area contributed by atoms with E-state index in [9.17, 15) is 18.0 Å². The van der Waals surface area contributed by atoms with Crippen LogP contribution in [-0.4, -0.2) is 32.2 Å². The van der Waals surface area contributed by atoms with Crippen LogP contribution in [0.4, 0.5) is 11.4 Å². The van der Waals surface area contributed by atoms with E-state index in [0.717, 1.165) is 6.26 Å². The van der Waals surface area contributed by atoms with E-state index in [1.807, 2.05) is 6.07 Å². The Bertz CT molecular complexity index is 1040. The van der Waals surface area contributed by atoms with Gasteiger partial charge >= 0.3 is 0 Å². The van der Waals surface area contributed by atoms with Gasteiger partial charge in [0.25, 0.3) is 5.91 Å². The lowest BCUT2D eigenvalue weighted by atomic mass is 10.1. The van der Waals surface area contributed by atoms with Gasteiger partial charge in [-0.1, -0.05) is 29.8 Å². The van der Waals surface area contributed by atoms with Gasteiger partial charge in [0.05, 0.1) is 21.3 Å². The molecule has 0 radical (unpaired) electrons. The van der Waals surface area contributed by atoms with E-state index in [0.29, 0.717) is 5.69 Å². The number of benzene rings is 2. The van der Waals surface area contributed by atoms with Crippen LogP contribution in [0.5, 0.6) is 0 Å². The lowest BCUT2D eigenvalue weighted by Gasteiger charge is -2.23. The van der Waals surface area contributed by atoms with Crippen LogP contribution in [0.2, 0.25) is 5.02 Å². The zero-order chi connectivity index (χ0) is 19.6. The molecular weight excluding hydrogens is 390 g/mol. The Morgan fingerprint density at radius 2 is 1.85 bits per heavy atom. The van der Waals surface area contributed by atoms with E-state index < -0.39 is 15.7 Å². The number of hydrogen-bond acceptors (Lipinski definition) is 5. The number of carbonyl (C=O) groups excluding carboxylic acids is 2. The van der Waals surface area contributed by atoms with E-state index in [4.69, 9.17) is 11.6 Å². The maximum Gasteiger partial charge on any atom is 0.271 e. The minimum Gasteiger partial charge on any atom is -0.319 e. The fourth-order valence-corrected chi connectivity index (χ4v) is 3.32. The summed E-state index contributed by atoms with van der Waals surface area (Å²) in [5, 5.41) is 8.12. The second-order valence-corrected chi connectivity index (χ2v) is 8.38. The first-order chi connectivity index (χ1) is 12.8. The number of para-hydroxylation sites is 1. The topological polar surface area (TPSA) is 95.9 Å². The lowest BCUT2D eigenvalue weighted by Crippen LogP contribution is -2.36. The fourth-order valence-electron chi connectivity index (χ4n) is 2.51. The normalized spacial score (nSPS) is 14.7. The molecule has 1 aliphatic heterocycles. The van der Waals surface area contributed by atoms with E-state index in [1.165, 1.54) is 23.2 Å². The monoisotopic (exact) mass is 405 g/mol. The third kappa shape index (κ3) is 4.35. The lowest BCUT2D eigenvalue weighted by molar-refractivity contribution is -0.118. The number of amides is 2. The van der Waals surface area contributed by atoms with Crippen molar-refractivity contribution in [1.82, 2.24) is 0 Å².